The highest BCUT2D eigenvalue weighted by atomic mass is 16.7. The third-order valence-electron chi connectivity index (χ3n) is 7.33. The molecule has 1 N–H and O–H groups in total. The molecule has 0 amide bonds. The van der Waals surface area contributed by atoms with E-state index in [1.807, 2.05) is 13.0 Å². The van der Waals surface area contributed by atoms with Crippen LogP contribution in [0.3, 0.4) is 0 Å². The quantitative estimate of drug-likeness (QED) is 0.437. The Morgan fingerprint density at radius 3 is 2.30 bits per heavy atom. The van der Waals surface area contributed by atoms with Gasteiger partial charge >= 0.3 is 5.97 Å². The van der Waals surface area contributed by atoms with E-state index in [9.17, 15) is 9.90 Å². The number of methoxy groups -OCH3 is 4. The second-order valence-corrected chi connectivity index (χ2v) is 9.38. The summed E-state index contributed by atoms with van der Waals surface area (Å²) >= 11 is 0. The van der Waals surface area contributed by atoms with Gasteiger partial charge in [0.25, 0.3) is 0 Å². The van der Waals surface area contributed by atoms with Gasteiger partial charge in [-0.15, -0.1) is 0 Å². The van der Waals surface area contributed by atoms with E-state index in [-0.39, 0.29) is 12.7 Å². The minimum atomic E-state index is -1.48. The molecule has 9 heteroatoms. The maximum atomic E-state index is 13.0. The number of carbonyl (C=O) groups is 1. The summed E-state index contributed by atoms with van der Waals surface area (Å²) in [5.74, 6) is 1.60. The Labute approximate surface area is 216 Å². The first kappa shape index (κ1) is 26.5. The zero-order chi connectivity index (χ0) is 27.1. The van der Waals surface area contributed by atoms with Gasteiger partial charge in [0.15, 0.2) is 29.1 Å². The molecule has 3 atom stereocenters. The molecule has 1 unspecified atom stereocenters. The van der Waals surface area contributed by atoms with Gasteiger partial charge in [0.2, 0.25) is 18.3 Å². The lowest BCUT2D eigenvalue weighted by Gasteiger charge is -2.41. The third-order valence-corrected chi connectivity index (χ3v) is 7.33. The van der Waals surface area contributed by atoms with Crippen LogP contribution in [0.15, 0.2) is 23.8 Å². The minimum Gasteiger partial charge on any atom is -0.493 e. The van der Waals surface area contributed by atoms with Crippen LogP contribution in [0, 0.1) is 5.92 Å². The summed E-state index contributed by atoms with van der Waals surface area (Å²) in [6, 6.07) is 3.60. The summed E-state index contributed by atoms with van der Waals surface area (Å²) in [6.07, 6.45) is 0.998. The minimum absolute atomic E-state index is 0.0562. The van der Waals surface area contributed by atoms with Crippen LogP contribution in [-0.4, -0.2) is 51.9 Å². The lowest BCUT2D eigenvalue weighted by molar-refractivity contribution is -0.166. The molecule has 0 bridgehead atoms. The van der Waals surface area contributed by atoms with Crippen molar-refractivity contribution in [3.05, 3.63) is 34.9 Å². The van der Waals surface area contributed by atoms with Gasteiger partial charge < -0.3 is 38.3 Å². The molecule has 0 saturated carbocycles. The molecule has 0 fully saturated rings. The van der Waals surface area contributed by atoms with Crippen LogP contribution in [0.1, 0.15) is 44.9 Å². The summed E-state index contributed by atoms with van der Waals surface area (Å²) in [6.45, 7) is 7.05. The van der Waals surface area contributed by atoms with Gasteiger partial charge in [-0.25, -0.2) is 4.79 Å². The van der Waals surface area contributed by atoms with Gasteiger partial charge in [-0.1, -0.05) is 13.0 Å². The number of hydrogen-bond acceptors (Lipinski definition) is 9. The van der Waals surface area contributed by atoms with Crippen LogP contribution in [0.5, 0.6) is 34.5 Å². The van der Waals surface area contributed by atoms with Crippen molar-refractivity contribution >= 4 is 5.97 Å². The predicted molar refractivity (Wildman–Crippen MR) is 136 cm³/mol. The molecule has 1 aliphatic heterocycles. The van der Waals surface area contributed by atoms with Gasteiger partial charge in [-0.3, -0.25) is 0 Å². The highest BCUT2D eigenvalue weighted by molar-refractivity contribution is 5.90. The zero-order valence-corrected chi connectivity index (χ0v) is 22.5. The summed E-state index contributed by atoms with van der Waals surface area (Å²) in [7, 11) is 6.08. The second-order valence-electron chi connectivity index (χ2n) is 9.38. The molecule has 0 aromatic heterocycles. The summed E-state index contributed by atoms with van der Waals surface area (Å²) < 4.78 is 40.6. The molecule has 0 saturated heterocycles. The van der Waals surface area contributed by atoms with Crippen molar-refractivity contribution in [3.63, 3.8) is 0 Å². The molecule has 37 heavy (non-hydrogen) atoms. The van der Waals surface area contributed by atoms with Crippen molar-refractivity contribution in [2.75, 3.05) is 35.2 Å². The number of carbonyl (C=O) groups excluding carboxylic acids is 1. The highest BCUT2D eigenvalue weighted by Gasteiger charge is 2.47. The van der Waals surface area contributed by atoms with Gasteiger partial charge in [0, 0.05) is 22.3 Å². The summed E-state index contributed by atoms with van der Waals surface area (Å²) in [5, 5.41) is 12.0. The number of ether oxygens (including phenoxy) is 7. The Kier molecular flexibility index (Phi) is 7.19. The van der Waals surface area contributed by atoms with E-state index in [1.165, 1.54) is 21.3 Å². The topological polar surface area (TPSA) is 102 Å². The Hall–Kier alpha value is -3.59. The number of benzene rings is 2. The molecule has 1 heterocycles. The number of aliphatic hydroxyl groups is 1. The Balaban J connectivity index is 2.17. The lowest BCUT2D eigenvalue weighted by atomic mass is 9.73. The number of fused-ring (bicyclic) bond motifs is 4. The van der Waals surface area contributed by atoms with E-state index in [4.69, 9.17) is 33.2 Å². The number of rotatable bonds is 6. The van der Waals surface area contributed by atoms with Crippen LogP contribution in [0.25, 0.3) is 11.1 Å². The van der Waals surface area contributed by atoms with E-state index < -0.39 is 17.7 Å². The fourth-order valence-electron chi connectivity index (χ4n) is 4.94. The molecule has 2 aliphatic rings. The van der Waals surface area contributed by atoms with E-state index in [0.717, 1.165) is 5.56 Å². The van der Waals surface area contributed by atoms with Crippen molar-refractivity contribution < 1.29 is 43.1 Å². The third kappa shape index (κ3) is 4.21. The first-order chi connectivity index (χ1) is 17.6. The largest absolute Gasteiger partial charge is 0.493 e. The van der Waals surface area contributed by atoms with E-state index >= 15 is 0 Å². The van der Waals surface area contributed by atoms with Gasteiger partial charge in [0.05, 0.1) is 28.4 Å². The van der Waals surface area contributed by atoms with Crippen molar-refractivity contribution in [3.8, 4) is 45.6 Å². The number of allylic oxidation sites excluding steroid dienone is 1. The van der Waals surface area contributed by atoms with E-state index in [0.29, 0.717) is 63.2 Å². The number of esters is 1. The maximum Gasteiger partial charge on any atom is 0.334 e. The fraction of sp³-hybridized carbons (Fsp3) is 0.464. The van der Waals surface area contributed by atoms with Gasteiger partial charge in [-0.2, -0.15) is 0 Å². The molecular formula is C28H34O9. The van der Waals surface area contributed by atoms with Gasteiger partial charge in [0.1, 0.15) is 5.60 Å². The smallest absolute Gasteiger partial charge is 0.334 e. The van der Waals surface area contributed by atoms with Crippen LogP contribution in [0.4, 0.5) is 0 Å². The van der Waals surface area contributed by atoms with E-state index in [1.54, 1.807) is 40.0 Å². The van der Waals surface area contributed by atoms with Crippen molar-refractivity contribution in [2.24, 2.45) is 5.92 Å². The maximum absolute atomic E-state index is 13.0. The molecule has 2 aromatic carbocycles. The first-order valence-corrected chi connectivity index (χ1v) is 12.0. The fourth-order valence-corrected chi connectivity index (χ4v) is 4.94. The van der Waals surface area contributed by atoms with Crippen LogP contribution < -0.4 is 28.4 Å². The molecule has 2 aromatic rings. The average molecular weight is 515 g/mol. The molecule has 9 nitrogen and oxygen atoms in total. The standard InChI is InChI=1S/C28H34O9/c1-9-14(2)27(29)37-26-17-12-18(31-5)22(32-6)25(34-8)21(17)20-16(10-15(3)28(26,4)30)11-19-23(24(20)33-7)36-13-35-19/h9,11-12,15,26,30H,10,13H2,1-8H3/b14-9-/t15?,26-,28-/m0/s1. The molecular weight excluding hydrogens is 480 g/mol. The normalized spacial score (nSPS) is 22.2. The molecule has 0 spiro atoms. The number of hydrogen-bond donors (Lipinski definition) is 1. The van der Waals surface area contributed by atoms with Crippen molar-refractivity contribution in [2.45, 2.75) is 45.8 Å². The lowest BCUT2D eigenvalue weighted by Crippen LogP contribution is -2.44. The van der Waals surface area contributed by atoms with Crippen molar-refractivity contribution in [1.82, 2.24) is 0 Å². The van der Waals surface area contributed by atoms with Gasteiger partial charge in [-0.05, 0) is 50.8 Å². The highest BCUT2D eigenvalue weighted by Crippen LogP contribution is 2.59. The van der Waals surface area contributed by atoms with Crippen LogP contribution in [0.2, 0.25) is 0 Å². The second kappa shape index (κ2) is 10.0. The average Bonchev–Trinajstić information content (AvgIpc) is 3.36. The summed E-state index contributed by atoms with van der Waals surface area (Å²) in [4.78, 5) is 13.0. The molecule has 1 aliphatic carbocycles. The van der Waals surface area contributed by atoms with Crippen LogP contribution >= 0.6 is 0 Å². The monoisotopic (exact) mass is 514 g/mol. The van der Waals surface area contributed by atoms with Crippen LogP contribution in [-0.2, 0) is 16.0 Å². The Bertz CT molecular complexity index is 1250. The zero-order valence-electron chi connectivity index (χ0n) is 22.5. The van der Waals surface area contributed by atoms with Crippen molar-refractivity contribution in [1.29, 1.82) is 0 Å². The molecule has 4 rings (SSSR count). The predicted octanol–water partition coefficient (Wildman–Crippen LogP) is 4.61. The SMILES string of the molecule is C/C=C(/C)C(=O)O[C@H]1c2cc(OC)c(OC)c(OC)c2-c2c(cc3c(c2OC)OCO3)CC(C)[C@]1(C)O. The van der Waals surface area contributed by atoms with E-state index in [2.05, 4.69) is 0 Å². The Morgan fingerprint density at radius 2 is 1.70 bits per heavy atom. The first-order valence-electron chi connectivity index (χ1n) is 12.0. The molecule has 200 valence electrons. The molecule has 0 radical (unpaired) electrons. The Morgan fingerprint density at radius 1 is 1.03 bits per heavy atom. The summed E-state index contributed by atoms with van der Waals surface area (Å²) in [5.41, 5.74) is 1.46.